The van der Waals surface area contributed by atoms with Crippen molar-refractivity contribution in [3.63, 3.8) is 0 Å². The van der Waals surface area contributed by atoms with Crippen molar-refractivity contribution in [1.29, 1.82) is 0 Å². The predicted molar refractivity (Wildman–Crippen MR) is 87.6 cm³/mol. The van der Waals surface area contributed by atoms with Crippen LogP contribution in [0.2, 0.25) is 5.02 Å². The molecule has 1 aliphatic heterocycles. The van der Waals surface area contributed by atoms with Gasteiger partial charge in [0.1, 0.15) is 0 Å². The van der Waals surface area contributed by atoms with Gasteiger partial charge in [-0.15, -0.1) is 0 Å². The van der Waals surface area contributed by atoms with Crippen LogP contribution in [0.25, 0.3) is 0 Å². The third kappa shape index (κ3) is 3.78. The van der Waals surface area contributed by atoms with E-state index in [0.717, 1.165) is 42.1 Å². The summed E-state index contributed by atoms with van der Waals surface area (Å²) in [5.41, 5.74) is 1.69. The van der Waals surface area contributed by atoms with Gasteiger partial charge in [0, 0.05) is 11.6 Å². The van der Waals surface area contributed by atoms with Gasteiger partial charge in [-0.3, -0.25) is 4.79 Å². The van der Waals surface area contributed by atoms with Crippen LogP contribution < -0.4 is 5.32 Å². The lowest BCUT2D eigenvalue weighted by molar-refractivity contribution is -0.128. The van der Waals surface area contributed by atoms with Crippen LogP contribution in [0.5, 0.6) is 0 Å². The topological polar surface area (TPSA) is 32.3 Å². The minimum atomic E-state index is -0.415. The highest BCUT2D eigenvalue weighted by Crippen LogP contribution is 2.29. The van der Waals surface area contributed by atoms with Gasteiger partial charge in [0.05, 0.1) is 11.5 Å². The number of carbonyl (C=O) groups excluding carboxylic acids is 1. The molecule has 116 valence electrons. The highest BCUT2D eigenvalue weighted by Gasteiger charge is 2.30. The fraction of sp³-hybridized carbons (Fsp3) is 0.588. The Kier molecular flexibility index (Phi) is 4.95. The average Bonchev–Trinajstić information content (AvgIpc) is 2.41. The Balaban J connectivity index is 2.13. The van der Waals surface area contributed by atoms with Gasteiger partial charge in [-0.25, -0.2) is 0 Å². The van der Waals surface area contributed by atoms with E-state index in [-0.39, 0.29) is 11.8 Å². The van der Waals surface area contributed by atoms with Gasteiger partial charge in [0.25, 0.3) is 0 Å². The second-order valence-corrected chi connectivity index (χ2v) is 7.04. The van der Waals surface area contributed by atoms with Gasteiger partial charge in [0.15, 0.2) is 0 Å². The highest BCUT2D eigenvalue weighted by molar-refractivity contribution is 6.31. The summed E-state index contributed by atoms with van der Waals surface area (Å²) in [5, 5.41) is 3.95. The Bertz CT molecular complexity index is 528. The lowest BCUT2D eigenvalue weighted by atomic mass is 9.88. The zero-order valence-electron chi connectivity index (χ0n) is 13.4. The number of halogens is 1. The Hall–Kier alpha value is -1.06. The molecule has 1 heterocycles. The summed E-state index contributed by atoms with van der Waals surface area (Å²) < 4.78 is 0. The molecule has 0 saturated carbocycles. The number of piperidine rings is 1. The first kappa shape index (κ1) is 16.3. The number of nitrogens with zero attached hydrogens (tertiary/aromatic N) is 1. The average molecular weight is 309 g/mol. The maximum atomic E-state index is 12.6. The summed E-state index contributed by atoms with van der Waals surface area (Å²) >= 11 is 6.20. The van der Waals surface area contributed by atoms with E-state index < -0.39 is 5.54 Å². The van der Waals surface area contributed by atoms with Crippen LogP contribution in [0, 0.1) is 12.8 Å². The van der Waals surface area contributed by atoms with Gasteiger partial charge >= 0.3 is 0 Å². The molecule has 1 saturated heterocycles. The Labute approximate surface area is 132 Å². The number of carbonyl (C=O) groups is 1. The van der Waals surface area contributed by atoms with Crippen molar-refractivity contribution >= 4 is 17.5 Å². The third-order valence-corrected chi connectivity index (χ3v) is 4.78. The van der Waals surface area contributed by atoms with Crippen molar-refractivity contribution in [2.24, 2.45) is 5.92 Å². The molecule has 4 heteroatoms. The van der Waals surface area contributed by atoms with Crippen LogP contribution in [-0.2, 0) is 10.3 Å². The first-order valence-electron chi connectivity index (χ1n) is 7.57. The number of nitrogens with one attached hydrogen (secondary N) is 1. The molecule has 1 fully saturated rings. The summed E-state index contributed by atoms with van der Waals surface area (Å²) in [5.74, 6) is 0.230. The van der Waals surface area contributed by atoms with E-state index in [0.29, 0.717) is 0 Å². The predicted octanol–water partition coefficient (Wildman–Crippen LogP) is 3.34. The first-order valence-corrected chi connectivity index (χ1v) is 7.95. The SMILES string of the molecule is Cc1c(Cl)cccc1C(C)(C)NC(=O)C1CCCN(C)C1. The molecule has 0 radical (unpaired) electrons. The van der Waals surface area contributed by atoms with Gasteiger partial charge in [-0.2, -0.15) is 0 Å². The second-order valence-electron chi connectivity index (χ2n) is 6.63. The minimum Gasteiger partial charge on any atom is -0.347 e. The number of benzene rings is 1. The van der Waals surface area contributed by atoms with E-state index in [1.54, 1.807) is 0 Å². The van der Waals surface area contributed by atoms with Crippen molar-refractivity contribution in [1.82, 2.24) is 10.2 Å². The van der Waals surface area contributed by atoms with Gasteiger partial charge in [0.2, 0.25) is 5.91 Å². The van der Waals surface area contributed by atoms with Gasteiger partial charge in [-0.05, 0) is 64.4 Å². The lowest BCUT2D eigenvalue weighted by Crippen LogP contribution is -2.48. The molecule has 0 aliphatic carbocycles. The summed E-state index contributed by atoms with van der Waals surface area (Å²) in [7, 11) is 2.08. The fourth-order valence-corrected chi connectivity index (χ4v) is 3.32. The van der Waals surface area contributed by atoms with E-state index in [2.05, 4.69) is 17.3 Å². The fourth-order valence-electron chi connectivity index (χ4n) is 3.14. The molecular weight excluding hydrogens is 284 g/mol. The molecule has 21 heavy (non-hydrogen) atoms. The van der Waals surface area contributed by atoms with Gasteiger partial charge < -0.3 is 10.2 Å². The molecule has 3 nitrogen and oxygen atoms in total. The molecule has 1 aliphatic rings. The van der Waals surface area contributed by atoms with Crippen molar-refractivity contribution in [2.75, 3.05) is 20.1 Å². The summed E-state index contributed by atoms with van der Waals surface area (Å²) in [4.78, 5) is 14.8. The monoisotopic (exact) mass is 308 g/mol. The van der Waals surface area contributed by atoms with Gasteiger partial charge in [-0.1, -0.05) is 23.7 Å². The number of amides is 1. The van der Waals surface area contributed by atoms with Crippen LogP contribution in [0.3, 0.4) is 0 Å². The Morgan fingerprint density at radius 3 is 2.81 bits per heavy atom. The second kappa shape index (κ2) is 6.37. The zero-order chi connectivity index (χ0) is 15.6. The first-order chi connectivity index (χ1) is 9.81. The van der Waals surface area contributed by atoms with Crippen LogP contribution in [-0.4, -0.2) is 30.9 Å². The normalized spacial score (nSPS) is 20.3. The van der Waals surface area contributed by atoms with Crippen molar-refractivity contribution in [3.05, 3.63) is 34.3 Å². The molecule has 0 aromatic heterocycles. The highest BCUT2D eigenvalue weighted by atomic mass is 35.5. The number of hydrogen-bond acceptors (Lipinski definition) is 2. The number of rotatable bonds is 3. The minimum absolute atomic E-state index is 0.0857. The van der Waals surface area contributed by atoms with Crippen LogP contribution in [0.15, 0.2) is 18.2 Å². The third-order valence-electron chi connectivity index (χ3n) is 4.37. The Morgan fingerprint density at radius 2 is 2.14 bits per heavy atom. The standard InChI is InChI=1S/C17H25ClN2O/c1-12-14(8-5-9-15(12)18)17(2,3)19-16(21)13-7-6-10-20(4)11-13/h5,8-9,13H,6-7,10-11H2,1-4H3,(H,19,21). The molecule has 1 aromatic rings. The Morgan fingerprint density at radius 1 is 1.43 bits per heavy atom. The molecule has 0 spiro atoms. The number of likely N-dealkylation sites (tertiary alicyclic amines) is 1. The van der Waals surface area contributed by atoms with Crippen LogP contribution >= 0.6 is 11.6 Å². The van der Waals surface area contributed by atoms with E-state index in [9.17, 15) is 4.79 Å². The van der Waals surface area contributed by atoms with E-state index in [4.69, 9.17) is 11.6 Å². The molecule has 1 atom stereocenters. The largest absolute Gasteiger partial charge is 0.347 e. The van der Waals surface area contributed by atoms with Crippen LogP contribution in [0.4, 0.5) is 0 Å². The molecular formula is C17H25ClN2O. The van der Waals surface area contributed by atoms with Crippen molar-refractivity contribution in [2.45, 2.75) is 39.2 Å². The quantitative estimate of drug-likeness (QED) is 0.929. The molecule has 0 bridgehead atoms. The van der Waals surface area contributed by atoms with E-state index in [1.165, 1.54) is 0 Å². The van der Waals surface area contributed by atoms with Crippen molar-refractivity contribution < 1.29 is 4.79 Å². The summed E-state index contributed by atoms with van der Waals surface area (Å²) in [6.07, 6.45) is 2.06. The number of hydrogen-bond donors (Lipinski definition) is 1. The van der Waals surface area contributed by atoms with Crippen LogP contribution in [0.1, 0.15) is 37.8 Å². The molecule has 1 amide bonds. The maximum absolute atomic E-state index is 12.6. The molecule has 1 aromatic carbocycles. The maximum Gasteiger partial charge on any atom is 0.225 e. The smallest absolute Gasteiger partial charge is 0.225 e. The van der Waals surface area contributed by atoms with Crippen molar-refractivity contribution in [3.8, 4) is 0 Å². The molecule has 1 unspecified atom stereocenters. The summed E-state index contributed by atoms with van der Waals surface area (Å²) in [6, 6.07) is 5.86. The molecule has 1 N–H and O–H groups in total. The molecule has 2 rings (SSSR count). The van der Waals surface area contributed by atoms with E-state index >= 15 is 0 Å². The van der Waals surface area contributed by atoms with E-state index in [1.807, 2.05) is 39.0 Å². The summed E-state index contributed by atoms with van der Waals surface area (Å²) in [6.45, 7) is 8.00. The zero-order valence-corrected chi connectivity index (χ0v) is 14.1. The lowest BCUT2D eigenvalue weighted by Gasteiger charge is -2.34.